The van der Waals surface area contributed by atoms with Crippen LogP contribution in [-0.4, -0.2) is 53.9 Å². The van der Waals surface area contributed by atoms with Gasteiger partial charge in [-0.15, -0.1) is 0 Å². The van der Waals surface area contributed by atoms with E-state index in [4.69, 9.17) is 24.7 Å². The minimum absolute atomic E-state index is 0.153. The van der Waals surface area contributed by atoms with Crippen molar-refractivity contribution in [3.05, 3.63) is 0 Å². The quantitative estimate of drug-likeness (QED) is 0.414. The van der Waals surface area contributed by atoms with Gasteiger partial charge < -0.3 is 24.7 Å². The third-order valence-corrected chi connectivity index (χ3v) is 3.56. The minimum atomic E-state index is -0.963. The van der Waals surface area contributed by atoms with Crippen LogP contribution in [0.25, 0.3) is 0 Å². The molecule has 8 nitrogen and oxygen atoms in total. The average Bonchev–Trinajstić information content (AvgIpc) is 2.35. The minimum Gasteiger partial charge on any atom is -0.463 e. The van der Waals surface area contributed by atoms with Crippen molar-refractivity contribution >= 4 is 33.8 Å². The van der Waals surface area contributed by atoms with Gasteiger partial charge in [0, 0.05) is 20.8 Å². The van der Waals surface area contributed by atoms with Crippen LogP contribution < -0.4 is 5.73 Å². The first-order valence-corrected chi connectivity index (χ1v) is 7.17. The normalized spacial score (nSPS) is 32.1. The van der Waals surface area contributed by atoms with E-state index in [1.54, 1.807) is 0 Å². The van der Waals surface area contributed by atoms with Gasteiger partial charge in [0.2, 0.25) is 0 Å². The number of halogens is 1. The monoisotopic (exact) mass is 367 g/mol. The maximum Gasteiger partial charge on any atom is 0.303 e. The van der Waals surface area contributed by atoms with Crippen LogP contribution in [0.4, 0.5) is 0 Å². The Labute approximate surface area is 130 Å². The van der Waals surface area contributed by atoms with Gasteiger partial charge in [-0.05, 0) is 0 Å². The number of esters is 3. The van der Waals surface area contributed by atoms with Gasteiger partial charge in [-0.3, -0.25) is 14.4 Å². The van der Waals surface area contributed by atoms with E-state index in [1.807, 2.05) is 0 Å². The van der Waals surface area contributed by atoms with E-state index in [-0.39, 0.29) is 6.61 Å². The third kappa shape index (κ3) is 5.25. The summed E-state index contributed by atoms with van der Waals surface area (Å²) in [4.78, 5) is 33.4. The number of rotatable bonds is 4. The van der Waals surface area contributed by atoms with Crippen LogP contribution in [0.5, 0.6) is 0 Å². The molecular weight excluding hydrogens is 350 g/mol. The molecule has 21 heavy (non-hydrogen) atoms. The Kier molecular flexibility index (Phi) is 6.56. The molecule has 0 bridgehead atoms. The van der Waals surface area contributed by atoms with Gasteiger partial charge in [0.25, 0.3) is 0 Å². The van der Waals surface area contributed by atoms with Crippen molar-refractivity contribution in [3.8, 4) is 0 Å². The highest BCUT2D eigenvalue weighted by molar-refractivity contribution is 9.09. The lowest BCUT2D eigenvalue weighted by molar-refractivity contribution is -0.208. The van der Waals surface area contributed by atoms with E-state index < -0.39 is 47.3 Å². The molecule has 2 N–H and O–H groups in total. The Morgan fingerprint density at radius 1 is 1.05 bits per heavy atom. The van der Waals surface area contributed by atoms with Crippen LogP contribution in [0.2, 0.25) is 0 Å². The molecule has 0 amide bonds. The van der Waals surface area contributed by atoms with Gasteiger partial charge in [-0.2, -0.15) is 0 Å². The van der Waals surface area contributed by atoms with Crippen molar-refractivity contribution < 1.29 is 33.3 Å². The maximum absolute atomic E-state index is 11.2. The Morgan fingerprint density at radius 2 is 1.57 bits per heavy atom. The number of hydrogen-bond acceptors (Lipinski definition) is 8. The predicted molar refractivity (Wildman–Crippen MR) is 73.3 cm³/mol. The summed E-state index contributed by atoms with van der Waals surface area (Å²) in [6.07, 6.45) is -2.68. The summed E-state index contributed by atoms with van der Waals surface area (Å²) in [7, 11) is 0. The fraction of sp³-hybridized carbons (Fsp3) is 0.750. The molecule has 0 aromatic heterocycles. The third-order valence-electron chi connectivity index (χ3n) is 2.73. The Hall–Kier alpha value is -1.19. The highest BCUT2D eigenvalue weighted by Gasteiger charge is 2.47. The maximum atomic E-state index is 11.2. The second-order valence-corrected chi connectivity index (χ2v) is 5.46. The van der Waals surface area contributed by atoms with Gasteiger partial charge in [-0.25, -0.2) is 0 Å². The van der Waals surface area contributed by atoms with E-state index in [0.717, 1.165) is 0 Å². The second-order valence-electron chi connectivity index (χ2n) is 4.55. The number of alkyl halides is 1. The zero-order valence-electron chi connectivity index (χ0n) is 11.9. The van der Waals surface area contributed by atoms with Crippen molar-refractivity contribution in [2.75, 3.05) is 6.61 Å². The summed E-state index contributed by atoms with van der Waals surface area (Å²) in [5.74, 6) is -1.67. The molecule has 9 heteroatoms. The molecular formula is C12H18BrNO7. The molecule has 5 atom stereocenters. The summed E-state index contributed by atoms with van der Waals surface area (Å²) >= 11 is 3.21. The summed E-state index contributed by atoms with van der Waals surface area (Å²) in [5, 5.41) is -0.644. The van der Waals surface area contributed by atoms with Crippen molar-refractivity contribution in [2.24, 2.45) is 5.73 Å². The number of ether oxygens (including phenoxy) is 4. The lowest BCUT2D eigenvalue weighted by Crippen LogP contribution is -2.62. The molecule has 1 aliphatic rings. The summed E-state index contributed by atoms with van der Waals surface area (Å²) in [6.45, 7) is 3.52. The standard InChI is InChI=1S/C12H18BrNO7/c1-5(15)18-4-8-10(19-6(2)16)11(20-7(3)17)9(14)12(13)21-8/h8-12H,4,14H2,1-3H3/t8-,9-,10+,11-,12+/m1/s1. The fourth-order valence-corrected chi connectivity index (χ4v) is 2.50. The van der Waals surface area contributed by atoms with Gasteiger partial charge in [0.15, 0.2) is 12.2 Å². The summed E-state index contributed by atoms with van der Waals surface area (Å²) in [6, 6.07) is -0.744. The lowest BCUT2D eigenvalue weighted by atomic mass is 9.98. The first-order chi connectivity index (χ1) is 9.72. The number of carbonyl (C=O) groups is 3. The molecule has 1 fully saturated rings. The largest absolute Gasteiger partial charge is 0.463 e. The molecule has 0 unspecified atom stereocenters. The Morgan fingerprint density at radius 3 is 2.05 bits per heavy atom. The van der Waals surface area contributed by atoms with Crippen molar-refractivity contribution in [1.29, 1.82) is 0 Å². The van der Waals surface area contributed by atoms with Gasteiger partial charge in [-0.1, -0.05) is 15.9 Å². The van der Waals surface area contributed by atoms with E-state index in [1.165, 1.54) is 20.8 Å². The zero-order valence-corrected chi connectivity index (χ0v) is 13.5. The SMILES string of the molecule is CC(=O)OC[C@H]1O[C@H](Br)[C@H](N)[C@@H](OC(C)=O)[C@H]1OC(C)=O. The second kappa shape index (κ2) is 7.71. The molecule has 1 saturated heterocycles. The molecule has 0 aromatic rings. The molecule has 120 valence electrons. The molecule has 1 rings (SSSR count). The molecule has 0 aliphatic carbocycles. The summed E-state index contributed by atoms with van der Waals surface area (Å²) < 4.78 is 20.7. The average molecular weight is 368 g/mol. The lowest BCUT2D eigenvalue weighted by Gasteiger charge is -2.42. The van der Waals surface area contributed by atoms with E-state index in [0.29, 0.717) is 0 Å². The van der Waals surface area contributed by atoms with Crippen LogP contribution in [-0.2, 0) is 33.3 Å². The molecule has 0 radical (unpaired) electrons. The molecule has 1 heterocycles. The van der Waals surface area contributed by atoms with Gasteiger partial charge >= 0.3 is 17.9 Å². The van der Waals surface area contributed by atoms with Crippen molar-refractivity contribution in [3.63, 3.8) is 0 Å². The highest BCUT2D eigenvalue weighted by atomic mass is 79.9. The zero-order chi connectivity index (χ0) is 16.2. The van der Waals surface area contributed by atoms with Crippen LogP contribution in [0.1, 0.15) is 20.8 Å². The van der Waals surface area contributed by atoms with Crippen LogP contribution in [0.3, 0.4) is 0 Å². The molecule has 0 aromatic carbocycles. The Bertz CT molecular complexity index is 416. The van der Waals surface area contributed by atoms with Crippen molar-refractivity contribution in [2.45, 2.75) is 50.1 Å². The molecule has 0 saturated carbocycles. The number of hydrogen-bond donors (Lipinski definition) is 1. The van der Waals surface area contributed by atoms with Crippen LogP contribution in [0, 0.1) is 0 Å². The smallest absolute Gasteiger partial charge is 0.303 e. The number of nitrogens with two attached hydrogens (primary N) is 1. The number of carbonyl (C=O) groups excluding carboxylic acids is 3. The molecule has 1 aliphatic heterocycles. The fourth-order valence-electron chi connectivity index (χ4n) is 1.92. The van der Waals surface area contributed by atoms with Crippen molar-refractivity contribution in [1.82, 2.24) is 0 Å². The highest BCUT2D eigenvalue weighted by Crippen LogP contribution is 2.28. The van der Waals surface area contributed by atoms with Crippen LogP contribution >= 0.6 is 15.9 Å². The van der Waals surface area contributed by atoms with E-state index in [9.17, 15) is 14.4 Å². The van der Waals surface area contributed by atoms with E-state index in [2.05, 4.69) is 15.9 Å². The van der Waals surface area contributed by atoms with Gasteiger partial charge in [0.1, 0.15) is 17.7 Å². The van der Waals surface area contributed by atoms with E-state index >= 15 is 0 Å². The van der Waals surface area contributed by atoms with Gasteiger partial charge in [0.05, 0.1) is 6.04 Å². The summed E-state index contributed by atoms with van der Waals surface area (Å²) in [5.41, 5.74) is 5.91. The Balaban J connectivity index is 2.94. The predicted octanol–water partition coefficient (Wildman–Crippen LogP) is -0.140. The van der Waals surface area contributed by atoms with Crippen LogP contribution in [0.15, 0.2) is 0 Å². The molecule has 0 spiro atoms. The first-order valence-electron chi connectivity index (χ1n) is 6.25. The first kappa shape index (κ1) is 17.9. The topological polar surface area (TPSA) is 114 Å².